The van der Waals surface area contributed by atoms with E-state index >= 15 is 0 Å². The van der Waals surface area contributed by atoms with E-state index in [0.29, 0.717) is 5.56 Å². The Balaban J connectivity index is 2.06. The third-order valence-electron chi connectivity index (χ3n) is 3.51. The van der Waals surface area contributed by atoms with Gasteiger partial charge in [0.05, 0.1) is 11.6 Å². The van der Waals surface area contributed by atoms with Crippen molar-refractivity contribution in [2.75, 3.05) is 7.05 Å². The number of aromatic nitrogens is 1. The van der Waals surface area contributed by atoms with Crippen LogP contribution in [0.15, 0.2) is 54.7 Å². The summed E-state index contributed by atoms with van der Waals surface area (Å²) in [7, 11) is 1.78. The van der Waals surface area contributed by atoms with E-state index in [1.807, 2.05) is 30.3 Å². The number of benzene rings is 2. The first kappa shape index (κ1) is 13.6. The Morgan fingerprint density at radius 2 is 1.76 bits per heavy atom. The van der Waals surface area contributed by atoms with Gasteiger partial charge in [-0.25, -0.2) is 8.78 Å². The van der Waals surface area contributed by atoms with Gasteiger partial charge in [-0.05, 0) is 42.4 Å². The van der Waals surface area contributed by atoms with Gasteiger partial charge in [-0.15, -0.1) is 0 Å². The summed E-state index contributed by atoms with van der Waals surface area (Å²) in [4.78, 5) is 4.41. The Morgan fingerprint density at radius 3 is 2.52 bits per heavy atom. The highest BCUT2D eigenvalue weighted by Gasteiger charge is 2.15. The van der Waals surface area contributed by atoms with Crippen LogP contribution >= 0.6 is 0 Å². The van der Waals surface area contributed by atoms with Gasteiger partial charge in [0.1, 0.15) is 0 Å². The van der Waals surface area contributed by atoms with Crippen LogP contribution in [0.4, 0.5) is 8.78 Å². The summed E-state index contributed by atoms with van der Waals surface area (Å²) in [5.41, 5.74) is 2.47. The van der Waals surface area contributed by atoms with E-state index < -0.39 is 11.6 Å². The zero-order valence-electron chi connectivity index (χ0n) is 11.5. The lowest BCUT2D eigenvalue weighted by molar-refractivity contribution is 0.505. The Kier molecular flexibility index (Phi) is 3.62. The van der Waals surface area contributed by atoms with E-state index in [1.165, 1.54) is 6.07 Å². The minimum Gasteiger partial charge on any atom is -0.309 e. The summed E-state index contributed by atoms with van der Waals surface area (Å²) >= 11 is 0. The Labute approximate surface area is 121 Å². The molecule has 3 rings (SSSR count). The fraction of sp³-hybridized carbons (Fsp3) is 0.118. The molecule has 0 amide bonds. The van der Waals surface area contributed by atoms with Gasteiger partial charge in [0.25, 0.3) is 0 Å². The lowest BCUT2D eigenvalue weighted by Crippen LogP contribution is -2.18. The molecule has 1 unspecified atom stereocenters. The third kappa shape index (κ3) is 2.62. The molecule has 0 fully saturated rings. The van der Waals surface area contributed by atoms with E-state index in [1.54, 1.807) is 19.3 Å². The second-order valence-corrected chi connectivity index (χ2v) is 4.86. The molecule has 21 heavy (non-hydrogen) atoms. The quantitative estimate of drug-likeness (QED) is 0.791. The number of halogens is 2. The van der Waals surface area contributed by atoms with Crippen LogP contribution < -0.4 is 5.32 Å². The maximum atomic E-state index is 13.4. The average molecular weight is 284 g/mol. The van der Waals surface area contributed by atoms with Gasteiger partial charge in [-0.2, -0.15) is 0 Å². The van der Waals surface area contributed by atoms with E-state index in [-0.39, 0.29) is 6.04 Å². The van der Waals surface area contributed by atoms with Crippen LogP contribution in [0.3, 0.4) is 0 Å². The Morgan fingerprint density at radius 1 is 0.952 bits per heavy atom. The molecule has 0 saturated heterocycles. The van der Waals surface area contributed by atoms with Gasteiger partial charge in [0.2, 0.25) is 0 Å². The van der Waals surface area contributed by atoms with Crippen LogP contribution in [0.25, 0.3) is 10.9 Å². The van der Waals surface area contributed by atoms with Crippen LogP contribution in [0.1, 0.15) is 17.2 Å². The molecule has 1 atom stereocenters. The molecular formula is C17H14F2N2. The van der Waals surface area contributed by atoms with Crippen LogP contribution in [0, 0.1) is 11.6 Å². The molecular weight excluding hydrogens is 270 g/mol. The van der Waals surface area contributed by atoms with Crippen molar-refractivity contribution in [1.82, 2.24) is 10.3 Å². The zero-order chi connectivity index (χ0) is 14.8. The van der Waals surface area contributed by atoms with Crippen molar-refractivity contribution < 1.29 is 8.78 Å². The summed E-state index contributed by atoms with van der Waals surface area (Å²) in [5.74, 6) is -1.69. The molecule has 106 valence electrons. The highest BCUT2D eigenvalue weighted by molar-refractivity contribution is 5.78. The lowest BCUT2D eigenvalue weighted by Gasteiger charge is -2.17. The van der Waals surface area contributed by atoms with Crippen molar-refractivity contribution in [1.29, 1.82) is 0 Å². The molecule has 2 nitrogen and oxygen atoms in total. The summed E-state index contributed by atoms with van der Waals surface area (Å²) in [5, 5.41) is 4.13. The number of fused-ring (bicyclic) bond motifs is 1. The smallest absolute Gasteiger partial charge is 0.159 e. The normalized spacial score (nSPS) is 12.5. The SMILES string of the molecule is CNC(c1ccc(F)c(F)c1)c1cnc2ccccc2c1. The van der Waals surface area contributed by atoms with Crippen molar-refractivity contribution in [3.05, 3.63) is 77.5 Å². The molecule has 0 aliphatic heterocycles. The highest BCUT2D eigenvalue weighted by atomic mass is 19.2. The van der Waals surface area contributed by atoms with E-state index in [9.17, 15) is 8.78 Å². The van der Waals surface area contributed by atoms with Crippen LogP contribution in [0.5, 0.6) is 0 Å². The van der Waals surface area contributed by atoms with Gasteiger partial charge in [-0.3, -0.25) is 4.98 Å². The van der Waals surface area contributed by atoms with Crippen molar-refractivity contribution in [3.8, 4) is 0 Å². The summed E-state index contributed by atoms with van der Waals surface area (Å²) in [6, 6.07) is 13.5. The molecule has 0 saturated carbocycles. The number of nitrogens with zero attached hydrogens (tertiary/aromatic N) is 1. The number of pyridine rings is 1. The van der Waals surface area contributed by atoms with Gasteiger partial charge in [0, 0.05) is 11.6 Å². The molecule has 1 N–H and O–H groups in total. The minimum absolute atomic E-state index is 0.239. The number of para-hydroxylation sites is 1. The summed E-state index contributed by atoms with van der Waals surface area (Å²) in [6.45, 7) is 0. The fourth-order valence-corrected chi connectivity index (χ4v) is 2.46. The molecule has 1 heterocycles. The average Bonchev–Trinajstić information content (AvgIpc) is 2.51. The number of hydrogen-bond donors (Lipinski definition) is 1. The second-order valence-electron chi connectivity index (χ2n) is 4.86. The molecule has 0 aliphatic rings. The van der Waals surface area contributed by atoms with Crippen molar-refractivity contribution in [3.63, 3.8) is 0 Å². The fourth-order valence-electron chi connectivity index (χ4n) is 2.46. The first-order chi connectivity index (χ1) is 10.2. The standard InChI is InChI=1S/C17H14F2N2/c1-20-17(12-6-7-14(18)15(19)9-12)13-8-11-4-2-3-5-16(11)21-10-13/h2-10,17,20H,1H3. The monoisotopic (exact) mass is 284 g/mol. The Hall–Kier alpha value is -2.33. The molecule has 4 heteroatoms. The van der Waals surface area contributed by atoms with Gasteiger partial charge < -0.3 is 5.32 Å². The van der Waals surface area contributed by atoms with Crippen LogP contribution in [0.2, 0.25) is 0 Å². The first-order valence-electron chi connectivity index (χ1n) is 6.66. The van der Waals surface area contributed by atoms with Gasteiger partial charge in [0.15, 0.2) is 11.6 Å². The topological polar surface area (TPSA) is 24.9 Å². The number of nitrogens with one attached hydrogen (secondary N) is 1. The molecule has 0 aliphatic carbocycles. The highest BCUT2D eigenvalue weighted by Crippen LogP contribution is 2.25. The molecule has 0 radical (unpaired) electrons. The van der Waals surface area contributed by atoms with Crippen LogP contribution in [-0.4, -0.2) is 12.0 Å². The second kappa shape index (κ2) is 5.58. The van der Waals surface area contributed by atoms with Gasteiger partial charge in [-0.1, -0.05) is 24.3 Å². The number of hydrogen-bond acceptors (Lipinski definition) is 2. The molecule has 1 aromatic heterocycles. The summed E-state index contributed by atoms with van der Waals surface area (Å²) in [6.07, 6.45) is 1.75. The molecule has 2 aromatic carbocycles. The third-order valence-corrected chi connectivity index (χ3v) is 3.51. The van der Waals surface area contributed by atoms with Gasteiger partial charge >= 0.3 is 0 Å². The summed E-state index contributed by atoms with van der Waals surface area (Å²) < 4.78 is 26.5. The lowest BCUT2D eigenvalue weighted by atomic mass is 9.99. The molecule has 0 bridgehead atoms. The maximum Gasteiger partial charge on any atom is 0.159 e. The first-order valence-corrected chi connectivity index (χ1v) is 6.66. The Bertz CT molecular complexity index is 787. The molecule has 0 spiro atoms. The minimum atomic E-state index is -0.846. The van der Waals surface area contributed by atoms with Crippen molar-refractivity contribution in [2.24, 2.45) is 0 Å². The van der Waals surface area contributed by atoms with Crippen molar-refractivity contribution in [2.45, 2.75) is 6.04 Å². The predicted molar refractivity (Wildman–Crippen MR) is 79.0 cm³/mol. The van der Waals surface area contributed by atoms with E-state index in [0.717, 1.165) is 22.5 Å². The number of rotatable bonds is 3. The molecule has 3 aromatic rings. The predicted octanol–water partition coefficient (Wildman–Crippen LogP) is 3.82. The van der Waals surface area contributed by atoms with Crippen molar-refractivity contribution >= 4 is 10.9 Å². The maximum absolute atomic E-state index is 13.4. The van der Waals surface area contributed by atoms with E-state index in [4.69, 9.17) is 0 Å². The largest absolute Gasteiger partial charge is 0.309 e. The zero-order valence-corrected chi connectivity index (χ0v) is 11.5. The van der Waals surface area contributed by atoms with Crippen LogP contribution in [-0.2, 0) is 0 Å². The van der Waals surface area contributed by atoms with E-state index in [2.05, 4.69) is 10.3 Å².